The number of ether oxygens (including phenoxy) is 1. The van der Waals surface area contributed by atoms with Crippen LogP contribution in [-0.2, 0) is 0 Å². The number of benzene rings is 15. The lowest BCUT2D eigenvalue weighted by Gasteiger charge is -2.47. The molecule has 4 heterocycles. The Balaban J connectivity index is 0.958. The average molecular weight is 1250 g/mol. The summed E-state index contributed by atoms with van der Waals surface area (Å²) >= 11 is 0. The number of rotatable bonds is 12. The van der Waals surface area contributed by atoms with Crippen LogP contribution in [0.4, 0.5) is 85.3 Å². The highest BCUT2D eigenvalue weighted by molar-refractivity contribution is 7.02. The molecular formula is C90H61B2N5O. The van der Waals surface area contributed by atoms with E-state index in [1.807, 2.05) is 0 Å². The van der Waals surface area contributed by atoms with Crippen molar-refractivity contribution in [3.8, 4) is 44.9 Å². The Morgan fingerprint density at radius 1 is 0.224 bits per heavy atom. The summed E-state index contributed by atoms with van der Waals surface area (Å²) in [5, 5.41) is 0. The molecule has 0 bridgehead atoms. The van der Waals surface area contributed by atoms with Gasteiger partial charge in [-0.1, -0.05) is 261 Å². The van der Waals surface area contributed by atoms with Gasteiger partial charge in [-0.15, -0.1) is 0 Å². The van der Waals surface area contributed by atoms with Crippen molar-refractivity contribution >= 4 is 132 Å². The van der Waals surface area contributed by atoms with E-state index in [1.54, 1.807) is 0 Å². The van der Waals surface area contributed by atoms with Crippen molar-refractivity contribution in [1.82, 2.24) is 0 Å². The largest absolute Gasteiger partial charge is 0.458 e. The van der Waals surface area contributed by atoms with E-state index in [0.29, 0.717) is 0 Å². The Morgan fingerprint density at radius 3 is 1.15 bits per heavy atom. The summed E-state index contributed by atoms with van der Waals surface area (Å²) in [5.74, 6) is 1.67. The normalized spacial score (nSPS) is 12.7. The molecule has 6 nitrogen and oxygen atoms in total. The number of hydrogen-bond donors (Lipinski definition) is 0. The molecular weight excluding hydrogens is 1190 g/mol. The van der Waals surface area contributed by atoms with Crippen molar-refractivity contribution < 1.29 is 4.74 Å². The lowest BCUT2D eigenvalue weighted by atomic mass is 9.30. The molecule has 0 aromatic heterocycles. The van der Waals surface area contributed by atoms with Gasteiger partial charge in [0.25, 0.3) is 13.4 Å². The summed E-state index contributed by atoms with van der Waals surface area (Å²) in [6, 6.07) is 136. The average Bonchev–Trinajstić information content (AvgIpc) is 0.677. The van der Waals surface area contributed by atoms with Gasteiger partial charge in [0.05, 0.1) is 22.7 Å². The van der Waals surface area contributed by atoms with E-state index in [9.17, 15) is 0 Å². The Bertz CT molecular complexity index is 5380. The summed E-state index contributed by atoms with van der Waals surface area (Å²) in [6.07, 6.45) is 0. The third kappa shape index (κ3) is 9.28. The summed E-state index contributed by atoms with van der Waals surface area (Å²) < 4.78 is 7.35. The Kier molecular flexibility index (Phi) is 13.7. The molecule has 0 saturated carbocycles. The molecule has 0 spiro atoms. The molecule has 15 aromatic rings. The first-order valence-corrected chi connectivity index (χ1v) is 33.7. The van der Waals surface area contributed by atoms with Gasteiger partial charge in [-0.05, 0) is 153 Å². The fraction of sp³-hybridized carbons (Fsp3) is 0. The van der Waals surface area contributed by atoms with E-state index in [1.165, 1.54) is 21.9 Å². The van der Waals surface area contributed by atoms with Crippen molar-refractivity contribution in [1.29, 1.82) is 0 Å². The van der Waals surface area contributed by atoms with Gasteiger partial charge >= 0.3 is 0 Å². The molecule has 0 fully saturated rings. The van der Waals surface area contributed by atoms with Gasteiger partial charge in [0.15, 0.2) is 0 Å². The topological polar surface area (TPSA) is 25.4 Å². The van der Waals surface area contributed by atoms with Crippen molar-refractivity contribution in [3.63, 3.8) is 0 Å². The standard InChI is InChI=1S/C90H61B2N5O/c1-9-32-62(33-10-1)72-48-25-28-53-79(72)96-82-61-81-77(92-76-52-27-30-55-86(76)98-87-59-71(58-85(89(87)92)95(81)69-46-23-8-24-47-69)94(67-42-19-6-20-43-67)68-44-21-7-22-45-68)60-78(82)91-75-51-26-29-54-80(75)97(90-73(63-34-11-2-12-35-63)49-31-50-74(90)64-36-13-3-14-37-64)84-57-70(56-83(96)88(84)91)93(65-38-15-4-16-39-65)66-40-17-5-18-41-66/h1-61H. The van der Waals surface area contributed by atoms with Crippen molar-refractivity contribution in [2.24, 2.45) is 0 Å². The number of fused-ring (bicyclic) bond motifs is 8. The highest BCUT2D eigenvalue weighted by atomic mass is 16.5. The third-order valence-electron chi connectivity index (χ3n) is 20.0. The van der Waals surface area contributed by atoms with Gasteiger partial charge in [0.1, 0.15) is 11.5 Å². The molecule has 0 unspecified atom stereocenters. The maximum absolute atomic E-state index is 7.35. The molecule has 4 aliphatic heterocycles. The molecule has 0 N–H and O–H groups in total. The number of anilines is 15. The van der Waals surface area contributed by atoms with Gasteiger partial charge in [0.2, 0.25) is 0 Å². The van der Waals surface area contributed by atoms with Crippen LogP contribution in [0.5, 0.6) is 11.5 Å². The second-order valence-corrected chi connectivity index (χ2v) is 25.5. The maximum Gasteiger partial charge on any atom is 0.256 e. The van der Waals surface area contributed by atoms with Crippen molar-refractivity contribution in [2.45, 2.75) is 0 Å². The van der Waals surface area contributed by atoms with Crippen LogP contribution in [0.3, 0.4) is 0 Å². The Morgan fingerprint density at radius 2 is 0.612 bits per heavy atom. The maximum atomic E-state index is 7.35. The second-order valence-electron chi connectivity index (χ2n) is 25.5. The van der Waals surface area contributed by atoms with Gasteiger partial charge < -0.3 is 29.2 Å². The summed E-state index contributed by atoms with van der Waals surface area (Å²) in [5.41, 5.74) is 29.8. The predicted octanol–water partition coefficient (Wildman–Crippen LogP) is 20.1. The summed E-state index contributed by atoms with van der Waals surface area (Å²) in [7, 11) is 0. The fourth-order valence-electron chi connectivity index (χ4n) is 15.9. The first kappa shape index (κ1) is 56.7. The quantitative estimate of drug-likeness (QED) is 0.113. The van der Waals surface area contributed by atoms with E-state index in [0.717, 1.165) is 141 Å². The molecule has 0 aliphatic carbocycles. The Hall–Kier alpha value is -12.8. The SMILES string of the molecule is c1ccc(-c2ccccc2N2c3cc4c(cc3B3c5ccccc5N(c5c(-c6ccccc6)cccc5-c5ccccc5)c5cc(N(c6ccccc6)c6ccccc6)cc2c53)B2c3ccccc3Oc3cc(N(c5ccccc5)c5ccccc5)cc(c32)N4c2ccccc2)cc1. The van der Waals surface area contributed by atoms with Crippen LogP contribution in [-0.4, -0.2) is 13.4 Å². The van der Waals surface area contributed by atoms with Crippen molar-refractivity contribution in [3.05, 3.63) is 370 Å². The van der Waals surface area contributed by atoms with Crippen molar-refractivity contribution in [2.75, 3.05) is 24.5 Å². The summed E-state index contributed by atoms with van der Waals surface area (Å²) in [6.45, 7) is -0.483. The minimum absolute atomic E-state index is 0.221. The van der Waals surface area contributed by atoms with Gasteiger partial charge in [-0.25, -0.2) is 0 Å². The molecule has 19 rings (SSSR count). The van der Waals surface area contributed by atoms with E-state index in [-0.39, 0.29) is 13.4 Å². The number of nitrogens with zero attached hydrogens (tertiary/aromatic N) is 5. The highest BCUT2D eigenvalue weighted by Gasteiger charge is 2.49. The van der Waals surface area contributed by atoms with Crippen LogP contribution in [0.1, 0.15) is 0 Å². The van der Waals surface area contributed by atoms with Crippen LogP contribution in [0.2, 0.25) is 0 Å². The van der Waals surface area contributed by atoms with Gasteiger partial charge in [-0.3, -0.25) is 0 Å². The smallest absolute Gasteiger partial charge is 0.256 e. The van der Waals surface area contributed by atoms with Crippen LogP contribution in [0, 0.1) is 0 Å². The molecule has 0 atom stereocenters. The zero-order valence-electron chi connectivity index (χ0n) is 53.5. The number of hydrogen-bond acceptors (Lipinski definition) is 6. The monoisotopic (exact) mass is 1250 g/mol. The zero-order chi connectivity index (χ0) is 64.6. The molecule has 0 radical (unpaired) electrons. The predicted molar refractivity (Wildman–Crippen MR) is 412 cm³/mol. The van der Waals surface area contributed by atoms with Gasteiger partial charge in [-0.2, -0.15) is 0 Å². The van der Waals surface area contributed by atoms with E-state index in [4.69, 9.17) is 4.74 Å². The lowest BCUT2D eigenvalue weighted by molar-refractivity contribution is 0.487. The molecule has 98 heavy (non-hydrogen) atoms. The molecule has 15 aromatic carbocycles. The molecule has 0 saturated heterocycles. The van der Waals surface area contributed by atoms with Crippen LogP contribution >= 0.6 is 0 Å². The fourth-order valence-corrected chi connectivity index (χ4v) is 15.9. The first-order chi connectivity index (χ1) is 48.7. The number of para-hydroxylation sites is 9. The van der Waals surface area contributed by atoms with Gasteiger partial charge in [0, 0.05) is 85.3 Å². The summed E-state index contributed by atoms with van der Waals surface area (Å²) in [4.78, 5) is 12.6. The van der Waals surface area contributed by atoms with Crippen LogP contribution in [0.15, 0.2) is 370 Å². The zero-order valence-corrected chi connectivity index (χ0v) is 53.5. The molecule has 8 heteroatoms. The minimum Gasteiger partial charge on any atom is -0.458 e. The van der Waals surface area contributed by atoms with E-state index < -0.39 is 0 Å². The van der Waals surface area contributed by atoms with Crippen LogP contribution in [0.25, 0.3) is 33.4 Å². The van der Waals surface area contributed by atoms with E-state index >= 15 is 0 Å². The molecule has 4 aliphatic rings. The minimum atomic E-state index is -0.262. The highest BCUT2D eigenvalue weighted by Crippen LogP contribution is 2.55. The molecule has 458 valence electrons. The lowest BCUT2D eigenvalue weighted by Crippen LogP contribution is -2.64. The van der Waals surface area contributed by atoms with Crippen LogP contribution < -0.4 is 62.0 Å². The second kappa shape index (κ2) is 23.6. The van der Waals surface area contributed by atoms with E-state index in [2.05, 4.69) is 395 Å². The third-order valence-corrected chi connectivity index (χ3v) is 20.0. The Labute approximate surface area is 572 Å². The molecule has 0 amide bonds. The first-order valence-electron chi connectivity index (χ1n) is 33.7.